The summed E-state index contributed by atoms with van der Waals surface area (Å²) in [5, 5.41) is 3.56. The van der Waals surface area contributed by atoms with Gasteiger partial charge in [0, 0.05) is 6.04 Å². The van der Waals surface area contributed by atoms with Crippen molar-refractivity contribution in [3.8, 4) is 0 Å². The average molecular weight is 285 g/mol. The Morgan fingerprint density at radius 1 is 0.952 bits per heavy atom. The maximum absolute atomic E-state index is 13.0. The molecule has 0 aliphatic carbocycles. The molecule has 2 heteroatoms. The van der Waals surface area contributed by atoms with Gasteiger partial charge in [-0.3, -0.25) is 0 Å². The smallest absolute Gasteiger partial charge is 0.123 e. The highest BCUT2D eigenvalue weighted by Crippen LogP contribution is 2.25. The lowest BCUT2D eigenvalue weighted by Crippen LogP contribution is -2.24. The summed E-state index contributed by atoms with van der Waals surface area (Å²) in [6, 6.07) is 11.6. The quantitative estimate of drug-likeness (QED) is 0.843. The molecular formula is C19H24FN. The first kappa shape index (κ1) is 15.7. The van der Waals surface area contributed by atoms with Crippen LogP contribution in [0.15, 0.2) is 36.4 Å². The number of nitrogens with one attached hydrogen (secondary N) is 1. The molecule has 0 aromatic heterocycles. The van der Waals surface area contributed by atoms with E-state index in [1.807, 2.05) is 12.1 Å². The van der Waals surface area contributed by atoms with E-state index < -0.39 is 0 Å². The number of rotatable bonds is 5. The molecule has 0 amide bonds. The summed E-state index contributed by atoms with van der Waals surface area (Å²) in [5.74, 6) is -0.180. The molecule has 1 nitrogen and oxygen atoms in total. The molecule has 0 radical (unpaired) electrons. The van der Waals surface area contributed by atoms with Gasteiger partial charge in [-0.1, -0.05) is 31.2 Å². The van der Waals surface area contributed by atoms with Crippen LogP contribution in [0.2, 0.25) is 0 Å². The van der Waals surface area contributed by atoms with Gasteiger partial charge in [-0.25, -0.2) is 4.39 Å². The summed E-state index contributed by atoms with van der Waals surface area (Å²) in [5.41, 5.74) is 6.45. The van der Waals surface area contributed by atoms with E-state index in [4.69, 9.17) is 0 Å². The molecule has 0 heterocycles. The van der Waals surface area contributed by atoms with Crippen LogP contribution >= 0.6 is 0 Å². The fraction of sp³-hybridized carbons (Fsp3) is 0.368. The predicted octanol–water partition coefficient (Wildman–Crippen LogP) is 4.64. The lowest BCUT2D eigenvalue weighted by molar-refractivity contribution is 0.546. The van der Waals surface area contributed by atoms with E-state index in [-0.39, 0.29) is 11.9 Å². The first-order valence-corrected chi connectivity index (χ1v) is 7.56. The van der Waals surface area contributed by atoms with Crippen LogP contribution in [0.5, 0.6) is 0 Å². The summed E-state index contributed by atoms with van der Waals surface area (Å²) in [4.78, 5) is 0. The van der Waals surface area contributed by atoms with E-state index in [1.54, 1.807) is 0 Å². The summed E-state index contributed by atoms with van der Waals surface area (Å²) in [7, 11) is 0. The van der Waals surface area contributed by atoms with Crippen molar-refractivity contribution in [2.45, 2.75) is 40.2 Å². The van der Waals surface area contributed by atoms with Crippen molar-refractivity contribution in [1.29, 1.82) is 0 Å². The van der Waals surface area contributed by atoms with E-state index in [0.717, 1.165) is 18.5 Å². The molecule has 0 saturated carbocycles. The van der Waals surface area contributed by atoms with Crippen molar-refractivity contribution in [3.05, 3.63) is 70.0 Å². The predicted molar refractivity (Wildman–Crippen MR) is 87.2 cm³/mol. The van der Waals surface area contributed by atoms with Crippen molar-refractivity contribution in [3.63, 3.8) is 0 Å². The van der Waals surface area contributed by atoms with Crippen molar-refractivity contribution >= 4 is 0 Å². The fourth-order valence-electron chi connectivity index (χ4n) is 2.75. The lowest BCUT2D eigenvalue weighted by atomic mass is 9.92. The number of benzene rings is 2. The maximum atomic E-state index is 13.0. The average Bonchev–Trinajstić information content (AvgIpc) is 2.45. The van der Waals surface area contributed by atoms with Gasteiger partial charge < -0.3 is 5.32 Å². The van der Waals surface area contributed by atoms with Gasteiger partial charge in [0.15, 0.2) is 0 Å². The number of halogens is 1. The van der Waals surface area contributed by atoms with Crippen LogP contribution < -0.4 is 5.32 Å². The van der Waals surface area contributed by atoms with Gasteiger partial charge in [-0.15, -0.1) is 0 Å². The Labute approximate surface area is 127 Å². The Balaban J connectivity index is 2.30. The Kier molecular flexibility index (Phi) is 5.13. The zero-order chi connectivity index (χ0) is 15.4. The molecule has 1 unspecified atom stereocenters. The lowest BCUT2D eigenvalue weighted by Gasteiger charge is -2.22. The molecule has 112 valence electrons. The molecule has 2 aromatic rings. The van der Waals surface area contributed by atoms with Gasteiger partial charge in [-0.05, 0) is 73.7 Å². The van der Waals surface area contributed by atoms with Crippen molar-refractivity contribution in [2.75, 3.05) is 6.54 Å². The Hall–Kier alpha value is -1.67. The highest BCUT2D eigenvalue weighted by Gasteiger charge is 2.14. The molecule has 0 aliphatic rings. The second-order valence-corrected chi connectivity index (χ2v) is 5.73. The molecule has 0 bridgehead atoms. The first-order chi connectivity index (χ1) is 10.0. The summed E-state index contributed by atoms with van der Waals surface area (Å²) < 4.78 is 13.0. The topological polar surface area (TPSA) is 12.0 Å². The molecule has 2 rings (SSSR count). The molecular weight excluding hydrogens is 261 g/mol. The first-order valence-electron chi connectivity index (χ1n) is 7.56. The van der Waals surface area contributed by atoms with Gasteiger partial charge in [0.05, 0.1) is 0 Å². The highest BCUT2D eigenvalue weighted by molar-refractivity contribution is 5.39. The summed E-state index contributed by atoms with van der Waals surface area (Å²) in [6.07, 6.45) is 0.872. The van der Waals surface area contributed by atoms with Crippen LogP contribution in [0.4, 0.5) is 4.39 Å². The van der Waals surface area contributed by atoms with Gasteiger partial charge in [0.1, 0.15) is 5.82 Å². The van der Waals surface area contributed by atoms with E-state index >= 15 is 0 Å². The molecule has 1 atom stereocenters. The second-order valence-electron chi connectivity index (χ2n) is 5.73. The molecule has 0 aliphatic heterocycles. The van der Waals surface area contributed by atoms with Gasteiger partial charge >= 0.3 is 0 Å². The SMILES string of the molecule is CCNC(Cc1ccc(F)cc1)c1cc(C)c(C)cc1C. The third-order valence-electron chi connectivity index (χ3n) is 4.06. The second kappa shape index (κ2) is 6.86. The molecule has 0 spiro atoms. The molecule has 0 saturated heterocycles. The molecule has 2 aromatic carbocycles. The van der Waals surface area contributed by atoms with Crippen LogP contribution in [-0.2, 0) is 6.42 Å². The number of likely N-dealkylation sites (N-methyl/N-ethyl adjacent to an activating group) is 1. The van der Waals surface area contributed by atoms with Crippen LogP contribution in [0, 0.1) is 26.6 Å². The molecule has 1 N–H and O–H groups in total. The van der Waals surface area contributed by atoms with Gasteiger partial charge in [0.2, 0.25) is 0 Å². The minimum atomic E-state index is -0.180. The number of hydrogen-bond acceptors (Lipinski definition) is 1. The van der Waals surface area contributed by atoms with Crippen LogP contribution in [0.1, 0.15) is 40.8 Å². The zero-order valence-corrected chi connectivity index (χ0v) is 13.3. The van der Waals surface area contributed by atoms with E-state index in [1.165, 1.54) is 34.4 Å². The maximum Gasteiger partial charge on any atom is 0.123 e. The van der Waals surface area contributed by atoms with Crippen molar-refractivity contribution < 1.29 is 4.39 Å². The van der Waals surface area contributed by atoms with Crippen LogP contribution in [0.3, 0.4) is 0 Å². The summed E-state index contributed by atoms with van der Waals surface area (Å²) in [6.45, 7) is 9.50. The van der Waals surface area contributed by atoms with Crippen molar-refractivity contribution in [1.82, 2.24) is 5.32 Å². The Morgan fingerprint density at radius 2 is 1.57 bits per heavy atom. The third-order valence-corrected chi connectivity index (χ3v) is 4.06. The monoisotopic (exact) mass is 285 g/mol. The minimum absolute atomic E-state index is 0.180. The van der Waals surface area contributed by atoms with Gasteiger partial charge in [0.25, 0.3) is 0 Å². The van der Waals surface area contributed by atoms with E-state index in [9.17, 15) is 4.39 Å². The normalized spacial score (nSPS) is 12.4. The zero-order valence-electron chi connectivity index (χ0n) is 13.3. The fourth-order valence-corrected chi connectivity index (χ4v) is 2.75. The standard InChI is InChI=1S/C19H24FN/c1-5-21-19(12-16-6-8-17(20)9-7-16)18-11-14(3)13(2)10-15(18)4/h6-11,19,21H,5,12H2,1-4H3. The highest BCUT2D eigenvalue weighted by atomic mass is 19.1. The van der Waals surface area contributed by atoms with Crippen LogP contribution in [0.25, 0.3) is 0 Å². The van der Waals surface area contributed by atoms with E-state index in [2.05, 4.69) is 45.1 Å². The Morgan fingerprint density at radius 3 is 2.19 bits per heavy atom. The van der Waals surface area contributed by atoms with Crippen molar-refractivity contribution in [2.24, 2.45) is 0 Å². The largest absolute Gasteiger partial charge is 0.310 e. The summed E-state index contributed by atoms with van der Waals surface area (Å²) >= 11 is 0. The molecule has 0 fully saturated rings. The van der Waals surface area contributed by atoms with Gasteiger partial charge in [-0.2, -0.15) is 0 Å². The molecule has 21 heavy (non-hydrogen) atoms. The Bertz CT molecular complexity index is 602. The number of aryl methyl sites for hydroxylation is 3. The van der Waals surface area contributed by atoms with E-state index in [0.29, 0.717) is 0 Å². The third kappa shape index (κ3) is 3.92. The number of hydrogen-bond donors (Lipinski definition) is 1. The van der Waals surface area contributed by atoms with Crippen LogP contribution in [-0.4, -0.2) is 6.54 Å². The minimum Gasteiger partial charge on any atom is -0.310 e.